The number of pyridine rings is 1. The first-order valence-electron chi connectivity index (χ1n) is 8.81. The van der Waals surface area contributed by atoms with E-state index in [2.05, 4.69) is 10.3 Å². The maximum atomic E-state index is 12.9. The van der Waals surface area contributed by atoms with Crippen LogP contribution in [0, 0.1) is 0 Å². The van der Waals surface area contributed by atoms with Gasteiger partial charge in [0, 0.05) is 23.2 Å². The summed E-state index contributed by atoms with van der Waals surface area (Å²) in [6, 6.07) is 18.0. The number of carbonyl (C=O) groups excluding carboxylic acids is 2. The van der Waals surface area contributed by atoms with E-state index < -0.39 is 11.7 Å². The fourth-order valence-corrected chi connectivity index (χ4v) is 3.62. The van der Waals surface area contributed by atoms with E-state index in [4.69, 9.17) is 23.2 Å². The fraction of sp³-hybridized carbons (Fsp3) is 0.0455. The summed E-state index contributed by atoms with van der Waals surface area (Å²) in [5.41, 5.74) is 2.35. The van der Waals surface area contributed by atoms with Crippen molar-refractivity contribution in [3.63, 3.8) is 0 Å². The number of halogens is 2. The van der Waals surface area contributed by atoms with Gasteiger partial charge in [-0.05, 0) is 35.9 Å². The zero-order chi connectivity index (χ0) is 20.4. The Morgan fingerprint density at radius 2 is 1.72 bits per heavy atom. The van der Waals surface area contributed by atoms with Crippen LogP contribution in [-0.2, 0) is 11.3 Å². The van der Waals surface area contributed by atoms with Crippen molar-refractivity contribution in [1.82, 2.24) is 9.55 Å². The molecule has 0 unspecified atom stereocenters. The van der Waals surface area contributed by atoms with Crippen LogP contribution in [0.3, 0.4) is 0 Å². The molecular weight excluding hydrogens is 409 g/mol. The number of ketones is 1. The molecule has 0 aliphatic carbocycles. The molecule has 1 amide bonds. The summed E-state index contributed by atoms with van der Waals surface area (Å²) in [6.07, 6.45) is 3.05. The monoisotopic (exact) mass is 423 g/mol. The molecular formula is C22H15Cl2N3O2. The van der Waals surface area contributed by atoms with E-state index in [1.54, 1.807) is 42.6 Å². The van der Waals surface area contributed by atoms with Crippen molar-refractivity contribution in [2.75, 3.05) is 5.32 Å². The number of nitrogens with one attached hydrogen (secondary N) is 1. The summed E-state index contributed by atoms with van der Waals surface area (Å²) < 4.78 is 1.81. The molecule has 7 heteroatoms. The van der Waals surface area contributed by atoms with Crippen LogP contribution in [0.1, 0.15) is 15.9 Å². The standard InChI is InChI=1S/C22H15Cl2N3O2/c23-15-9-7-14(8-10-15)13-27-18-6-2-1-5-17(18)19(21(27)24)20(28)22(29)26-16-4-3-11-25-12-16/h1-12H,13H2,(H,26,29). The number of aromatic nitrogens is 2. The van der Waals surface area contributed by atoms with Crippen molar-refractivity contribution in [2.24, 2.45) is 0 Å². The SMILES string of the molecule is O=C(Nc1cccnc1)C(=O)c1c(Cl)n(Cc2ccc(Cl)cc2)c2ccccc12. The molecule has 0 aliphatic rings. The highest BCUT2D eigenvalue weighted by Gasteiger charge is 2.26. The van der Waals surface area contributed by atoms with Gasteiger partial charge in [-0.15, -0.1) is 0 Å². The third-order valence-corrected chi connectivity index (χ3v) is 5.16. The van der Waals surface area contributed by atoms with Crippen molar-refractivity contribution in [1.29, 1.82) is 0 Å². The minimum atomic E-state index is -0.769. The number of benzene rings is 2. The maximum Gasteiger partial charge on any atom is 0.296 e. The molecule has 0 aliphatic heterocycles. The van der Waals surface area contributed by atoms with Gasteiger partial charge in [0.25, 0.3) is 11.7 Å². The Morgan fingerprint density at radius 3 is 2.45 bits per heavy atom. The summed E-state index contributed by atoms with van der Waals surface area (Å²) in [7, 11) is 0. The summed E-state index contributed by atoms with van der Waals surface area (Å²) >= 11 is 12.6. The lowest BCUT2D eigenvalue weighted by atomic mass is 10.1. The molecule has 0 saturated carbocycles. The summed E-state index contributed by atoms with van der Waals surface area (Å²) in [6.45, 7) is 0.439. The zero-order valence-electron chi connectivity index (χ0n) is 15.1. The molecule has 0 radical (unpaired) electrons. The second-order valence-electron chi connectivity index (χ2n) is 6.42. The number of Topliss-reactive ketones (excluding diaryl/α,β-unsaturated/α-hetero) is 1. The lowest BCUT2D eigenvalue weighted by Crippen LogP contribution is -2.23. The first kappa shape index (κ1) is 19.2. The van der Waals surface area contributed by atoms with Gasteiger partial charge in [-0.3, -0.25) is 14.6 Å². The van der Waals surface area contributed by atoms with Crippen LogP contribution in [0.25, 0.3) is 10.9 Å². The Labute approximate surface area is 176 Å². The number of carbonyl (C=O) groups is 2. The molecule has 144 valence electrons. The highest BCUT2D eigenvalue weighted by molar-refractivity contribution is 6.51. The molecule has 0 fully saturated rings. The Balaban J connectivity index is 1.72. The normalized spacial score (nSPS) is 10.8. The second kappa shape index (κ2) is 8.07. The molecule has 4 rings (SSSR count). The Hall–Kier alpha value is -3.15. The van der Waals surface area contributed by atoms with Crippen molar-refractivity contribution in [2.45, 2.75) is 6.54 Å². The number of hydrogen-bond donors (Lipinski definition) is 1. The van der Waals surface area contributed by atoms with Gasteiger partial charge < -0.3 is 9.88 Å². The molecule has 0 spiro atoms. The number of para-hydroxylation sites is 1. The van der Waals surface area contributed by atoms with E-state index >= 15 is 0 Å². The van der Waals surface area contributed by atoms with Gasteiger partial charge in [0.1, 0.15) is 5.15 Å². The molecule has 0 atom stereocenters. The van der Waals surface area contributed by atoms with Crippen LogP contribution in [0.4, 0.5) is 5.69 Å². The van der Waals surface area contributed by atoms with E-state index in [-0.39, 0.29) is 10.7 Å². The minimum absolute atomic E-state index is 0.178. The third-order valence-electron chi connectivity index (χ3n) is 4.51. The average Bonchev–Trinajstić information content (AvgIpc) is 3.01. The van der Waals surface area contributed by atoms with Gasteiger partial charge in [-0.25, -0.2) is 0 Å². The third kappa shape index (κ3) is 3.88. The van der Waals surface area contributed by atoms with Gasteiger partial charge in [0.2, 0.25) is 0 Å². The molecule has 2 heterocycles. The Bertz CT molecular complexity index is 1200. The average molecular weight is 424 g/mol. The Morgan fingerprint density at radius 1 is 0.966 bits per heavy atom. The van der Waals surface area contributed by atoms with Gasteiger partial charge in [0.15, 0.2) is 0 Å². The molecule has 5 nitrogen and oxygen atoms in total. The molecule has 2 aromatic carbocycles. The number of amides is 1. The number of hydrogen-bond acceptors (Lipinski definition) is 3. The smallest absolute Gasteiger partial charge is 0.296 e. The van der Waals surface area contributed by atoms with Crippen LogP contribution < -0.4 is 5.32 Å². The quantitative estimate of drug-likeness (QED) is 0.353. The fourth-order valence-electron chi connectivity index (χ4n) is 3.15. The van der Waals surface area contributed by atoms with Crippen LogP contribution in [0.5, 0.6) is 0 Å². The molecule has 0 saturated heterocycles. The lowest BCUT2D eigenvalue weighted by Gasteiger charge is -2.08. The van der Waals surface area contributed by atoms with Crippen molar-refractivity contribution < 1.29 is 9.59 Å². The van der Waals surface area contributed by atoms with E-state index in [0.29, 0.717) is 22.6 Å². The highest BCUT2D eigenvalue weighted by Crippen LogP contribution is 2.31. The first-order chi connectivity index (χ1) is 14.0. The molecule has 29 heavy (non-hydrogen) atoms. The lowest BCUT2D eigenvalue weighted by molar-refractivity contribution is -0.112. The van der Waals surface area contributed by atoms with Crippen molar-refractivity contribution >= 4 is 51.5 Å². The van der Waals surface area contributed by atoms with Gasteiger partial charge in [-0.2, -0.15) is 0 Å². The number of rotatable bonds is 5. The molecule has 4 aromatic rings. The maximum absolute atomic E-state index is 12.9. The number of fused-ring (bicyclic) bond motifs is 1. The van der Waals surface area contributed by atoms with Crippen molar-refractivity contribution in [3.05, 3.63) is 94.4 Å². The molecule has 1 N–H and O–H groups in total. The summed E-state index contributed by atoms with van der Waals surface area (Å²) in [4.78, 5) is 29.4. The first-order valence-corrected chi connectivity index (χ1v) is 9.57. The van der Waals surface area contributed by atoms with E-state index in [1.807, 2.05) is 28.8 Å². The molecule has 2 aromatic heterocycles. The van der Waals surface area contributed by atoms with E-state index in [9.17, 15) is 9.59 Å². The van der Waals surface area contributed by atoms with Gasteiger partial charge in [-0.1, -0.05) is 53.5 Å². The topological polar surface area (TPSA) is 64.0 Å². The number of anilines is 1. The second-order valence-corrected chi connectivity index (χ2v) is 7.21. The predicted octanol–water partition coefficient (Wildman–Crippen LogP) is 5.21. The van der Waals surface area contributed by atoms with Gasteiger partial charge in [0.05, 0.1) is 23.0 Å². The Kier molecular flexibility index (Phi) is 5.34. The highest BCUT2D eigenvalue weighted by atomic mass is 35.5. The van der Waals surface area contributed by atoms with Crippen molar-refractivity contribution in [3.8, 4) is 0 Å². The zero-order valence-corrected chi connectivity index (χ0v) is 16.6. The molecule has 0 bridgehead atoms. The predicted molar refractivity (Wildman–Crippen MR) is 115 cm³/mol. The van der Waals surface area contributed by atoms with Crippen LogP contribution in [0.2, 0.25) is 10.2 Å². The summed E-state index contributed by atoms with van der Waals surface area (Å²) in [5.74, 6) is -1.47. The van der Waals surface area contributed by atoms with Crippen LogP contribution in [-0.4, -0.2) is 21.2 Å². The van der Waals surface area contributed by atoms with Gasteiger partial charge >= 0.3 is 0 Å². The minimum Gasteiger partial charge on any atom is -0.327 e. The van der Waals surface area contributed by atoms with Crippen LogP contribution in [0.15, 0.2) is 73.1 Å². The van der Waals surface area contributed by atoms with Crippen LogP contribution >= 0.6 is 23.2 Å². The largest absolute Gasteiger partial charge is 0.327 e. The summed E-state index contributed by atoms with van der Waals surface area (Å²) in [5, 5.41) is 4.04. The number of nitrogens with zero attached hydrogens (tertiary/aromatic N) is 2. The van der Waals surface area contributed by atoms with E-state index in [1.165, 1.54) is 6.20 Å². The van der Waals surface area contributed by atoms with E-state index in [0.717, 1.165) is 11.1 Å².